The molecule has 1 spiro atoms. The van der Waals surface area contributed by atoms with E-state index in [1.54, 1.807) is 0 Å². The van der Waals surface area contributed by atoms with E-state index in [1.165, 1.54) is 12.7 Å². The summed E-state index contributed by atoms with van der Waals surface area (Å²) in [4.78, 5) is 12.0. The third kappa shape index (κ3) is 1.56. The number of hydrogen-bond donors (Lipinski definition) is 2. The average molecular weight is 247 g/mol. The summed E-state index contributed by atoms with van der Waals surface area (Å²) in [6.07, 6.45) is 1.46. The van der Waals surface area contributed by atoms with Crippen molar-refractivity contribution in [2.45, 2.75) is 25.6 Å². The molecule has 3 rings (SSSR count). The van der Waals surface area contributed by atoms with E-state index in [0.29, 0.717) is 6.42 Å². The number of amides is 1. The zero-order valence-electron chi connectivity index (χ0n) is 10.4. The van der Waals surface area contributed by atoms with Crippen LogP contribution < -0.4 is 5.32 Å². The van der Waals surface area contributed by atoms with Gasteiger partial charge in [0.25, 0.3) is 0 Å². The zero-order valence-corrected chi connectivity index (χ0v) is 10.4. The van der Waals surface area contributed by atoms with Crippen molar-refractivity contribution in [3.05, 3.63) is 34.9 Å². The molecule has 0 radical (unpaired) electrons. The molecule has 1 aliphatic carbocycles. The number of aliphatic hydroxyl groups is 1. The van der Waals surface area contributed by atoms with E-state index in [2.05, 4.69) is 5.32 Å². The lowest BCUT2D eigenvalue weighted by Gasteiger charge is -2.18. The summed E-state index contributed by atoms with van der Waals surface area (Å²) in [5.74, 6) is 0.150. The molecular weight excluding hydrogens is 230 g/mol. The number of methoxy groups -OCH3 is 1. The number of benzene rings is 1. The van der Waals surface area contributed by atoms with Crippen LogP contribution in [0.1, 0.15) is 29.4 Å². The van der Waals surface area contributed by atoms with Gasteiger partial charge in [-0.3, -0.25) is 4.79 Å². The van der Waals surface area contributed by atoms with Crippen molar-refractivity contribution in [1.82, 2.24) is 5.32 Å². The lowest BCUT2D eigenvalue weighted by Crippen LogP contribution is -2.31. The van der Waals surface area contributed by atoms with Crippen LogP contribution in [-0.2, 0) is 22.4 Å². The number of fused-ring (bicyclic) bond motifs is 1. The minimum atomic E-state index is -0.903. The van der Waals surface area contributed by atoms with Crippen LogP contribution in [0.3, 0.4) is 0 Å². The van der Waals surface area contributed by atoms with Crippen LogP contribution >= 0.6 is 0 Å². The molecular formula is C14H17NO3. The Balaban J connectivity index is 2.00. The number of rotatable bonds is 2. The maximum Gasteiger partial charge on any atom is 0.226 e. The number of hydrogen-bond acceptors (Lipinski definition) is 3. The van der Waals surface area contributed by atoms with Gasteiger partial charge < -0.3 is 15.2 Å². The Kier molecular flexibility index (Phi) is 2.64. The first-order valence-electron chi connectivity index (χ1n) is 6.26. The summed E-state index contributed by atoms with van der Waals surface area (Å²) in [5.41, 5.74) is 2.77. The molecule has 2 atom stereocenters. The number of aliphatic hydroxyl groups excluding tert-OH is 1. The van der Waals surface area contributed by atoms with E-state index in [-0.39, 0.29) is 11.3 Å². The van der Waals surface area contributed by atoms with E-state index in [9.17, 15) is 9.90 Å². The highest BCUT2D eigenvalue weighted by atomic mass is 16.6. The van der Waals surface area contributed by atoms with Crippen molar-refractivity contribution in [2.75, 3.05) is 13.7 Å². The monoisotopic (exact) mass is 247 g/mol. The third-order valence-electron chi connectivity index (χ3n) is 4.21. The molecule has 0 bridgehead atoms. The topological polar surface area (TPSA) is 58.6 Å². The molecule has 2 N–H and O–H groups in total. The normalized spacial score (nSPS) is 27.3. The van der Waals surface area contributed by atoms with Crippen molar-refractivity contribution in [1.29, 1.82) is 0 Å². The van der Waals surface area contributed by atoms with Crippen LogP contribution in [0, 0.1) is 5.41 Å². The van der Waals surface area contributed by atoms with Crippen molar-refractivity contribution in [2.24, 2.45) is 5.41 Å². The van der Waals surface area contributed by atoms with Gasteiger partial charge in [0.1, 0.15) is 0 Å². The summed E-state index contributed by atoms with van der Waals surface area (Å²) in [5, 5.41) is 12.8. The third-order valence-corrected chi connectivity index (χ3v) is 4.21. The second-order valence-corrected chi connectivity index (χ2v) is 5.21. The second-order valence-electron chi connectivity index (χ2n) is 5.21. The predicted molar refractivity (Wildman–Crippen MR) is 65.9 cm³/mol. The molecule has 18 heavy (non-hydrogen) atoms. The van der Waals surface area contributed by atoms with Gasteiger partial charge in [-0.25, -0.2) is 0 Å². The highest BCUT2D eigenvalue weighted by molar-refractivity contribution is 5.86. The zero-order chi connectivity index (χ0) is 12.8. The maximum atomic E-state index is 12.0. The van der Waals surface area contributed by atoms with Crippen LogP contribution in [0.2, 0.25) is 0 Å². The molecule has 1 heterocycles. The second kappa shape index (κ2) is 4.07. The summed E-state index contributed by atoms with van der Waals surface area (Å²) < 4.78 is 4.99. The van der Waals surface area contributed by atoms with Gasteiger partial charge in [-0.05, 0) is 30.4 Å². The molecule has 2 unspecified atom stereocenters. The Morgan fingerprint density at radius 1 is 1.44 bits per heavy atom. The lowest BCUT2D eigenvalue weighted by atomic mass is 9.83. The molecule has 4 nitrogen and oxygen atoms in total. The van der Waals surface area contributed by atoms with E-state index >= 15 is 0 Å². The molecule has 1 amide bonds. The minimum absolute atomic E-state index is 0.150. The summed E-state index contributed by atoms with van der Waals surface area (Å²) in [6.45, 7) is 0.759. The number of ether oxygens (including phenoxy) is 1. The van der Waals surface area contributed by atoms with Gasteiger partial charge in [0.15, 0.2) is 6.29 Å². The van der Waals surface area contributed by atoms with Crippen LogP contribution in [-0.4, -0.2) is 24.7 Å². The molecule has 2 aliphatic rings. The number of carbonyl (C=O) groups excluding carboxylic acids is 1. The molecule has 1 aromatic carbocycles. The maximum absolute atomic E-state index is 12.0. The average Bonchev–Trinajstić information content (AvgIpc) is 2.92. The van der Waals surface area contributed by atoms with E-state index in [0.717, 1.165) is 30.5 Å². The van der Waals surface area contributed by atoms with E-state index < -0.39 is 6.29 Å². The lowest BCUT2D eigenvalue weighted by molar-refractivity contribution is -0.127. The van der Waals surface area contributed by atoms with Crippen LogP contribution in [0.25, 0.3) is 0 Å². The molecule has 0 aromatic heterocycles. The van der Waals surface area contributed by atoms with Crippen molar-refractivity contribution < 1.29 is 14.6 Å². The fourth-order valence-corrected chi connectivity index (χ4v) is 3.21. The highest BCUT2D eigenvalue weighted by Gasteiger charge is 2.47. The van der Waals surface area contributed by atoms with Gasteiger partial charge in [-0.2, -0.15) is 0 Å². The molecule has 1 fully saturated rings. The fraction of sp³-hybridized carbons (Fsp3) is 0.500. The minimum Gasteiger partial charge on any atom is -0.364 e. The Hall–Kier alpha value is -1.39. The van der Waals surface area contributed by atoms with Crippen LogP contribution in [0.15, 0.2) is 18.2 Å². The summed E-state index contributed by atoms with van der Waals surface area (Å²) in [6, 6.07) is 5.84. The Labute approximate surface area is 106 Å². The molecule has 1 saturated heterocycles. The van der Waals surface area contributed by atoms with Crippen molar-refractivity contribution in [3.8, 4) is 0 Å². The van der Waals surface area contributed by atoms with E-state index in [1.807, 2.05) is 18.2 Å². The van der Waals surface area contributed by atoms with Crippen molar-refractivity contribution >= 4 is 5.91 Å². The van der Waals surface area contributed by atoms with Crippen LogP contribution in [0.5, 0.6) is 0 Å². The van der Waals surface area contributed by atoms with Gasteiger partial charge in [0, 0.05) is 19.2 Å². The van der Waals surface area contributed by atoms with Gasteiger partial charge in [-0.1, -0.05) is 18.2 Å². The highest BCUT2D eigenvalue weighted by Crippen LogP contribution is 2.44. The Morgan fingerprint density at radius 2 is 2.28 bits per heavy atom. The molecule has 0 saturated carbocycles. The first-order valence-corrected chi connectivity index (χ1v) is 6.26. The smallest absolute Gasteiger partial charge is 0.226 e. The summed E-state index contributed by atoms with van der Waals surface area (Å²) >= 11 is 0. The largest absolute Gasteiger partial charge is 0.364 e. The van der Waals surface area contributed by atoms with Crippen molar-refractivity contribution in [3.63, 3.8) is 0 Å². The Bertz CT molecular complexity index is 500. The first kappa shape index (κ1) is 11.7. The standard InChI is InChI=1S/C14H17NO3/c1-18-12(16)10-4-2-3-9-7-14(8-11(9)10)5-6-15-13(14)17/h2-4,12,16H,5-8H2,1H3,(H,15,17). The van der Waals surface area contributed by atoms with E-state index in [4.69, 9.17) is 4.74 Å². The quantitative estimate of drug-likeness (QED) is 0.764. The Morgan fingerprint density at radius 3 is 2.94 bits per heavy atom. The van der Waals surface area contributed by atoms with Gasteiger partial charge in [0.05, 0.1) is 5.41 Å². The molecule has 1 aromatic rings. The molecule has 1 aliphatic heterocycles. The van der Waals surface area contributed by atoms with Crippen LogP contribution in [0.4, 0.5) is 0 Å². The molecule has 96 valence electrons. The van der Waals surface area contributed by atoms with Gasteiger partial charge in [-0.15, -0.1) is 0 Å². The number of carbonyl (C=O) groups is 1. The summed E-state index contributed by atoms with van der Waals surface area (Å²) in [7, 11) is 1.48. The molecule has 4 heteroatoms. The fourth-order valence-electron chi connectivity index (χ4n) is 3.21. The number of nitrogens with one attached hydrogen (secondary N) is 1. The first-order chi connectivity index (χ1) is 8.66. The SMILES string of the molecule is COC(O)c1cccc2c1CC1(CCNC1=O)C2. The van der Waals surface area contributed by atoms with Gasteiger partial charge in [0.2, 0.25) is 5.91 Å². The predicted octanol–water partition coefficient (Wildman–Crippen LogP) is 0.929. The van der Waals surface area contributed by atoms with Gasteiger partial charge >= 0.3 is 0 Å².